The quantitative estimate of drug-likeness (QED) is 0.683. The number of hydrogen-bond acceptors (Lipinski definition) is 4. The smallest absolute Gasteiger partial charge is 0.134 e. The Morgan fingerprint density at radius 1 is 1.64 bits per heavy atom. The molecule has 76 valence electrons. The van der Waals surface area contributed by atoms with Crippen molar-refractivity contribution in [3.8, 4) is 0 Å². The van der Waals surface area contributed by atoms with Crippen molar-refractivity contribution in [2.75, 3.05) is 25.5 Å². The molecule has 14 heavy (non-hydrogen) atoms. The minimum Gasteiger partial charge on any atom is -0.397 e. The lowest BCUT2D eigenvalue weighted by Crippen LogP contribution is -2.34. The monoisotopic (exact) mass is 213 g/mol. The first-order chi connectivity index (χ1) is 6.77. The summed E-state index contributed by atoms with van der Waals surface area (Å²) in [6, 6.07) is 1.94. The molecule has 1 fully saturated rings. The molecule has 0 amide bonds. The molecule has 0 aromatic carbocycles. The molecule has 0 saturated carbocycles. The molecule has 5 heteroatoms. The van der Waals surface area contributed by atoms with Crippen molar-refractivity contribution < 1.29 is 4.74 Å². The highest BCUT2D eigenvalue weighted by Gasteiger charge is 2.18. The SMILES string of the molecule is Nc1cnc(Cl)c([C@@H]2COCCN2)c1. The highest BCUT2D eigenvalue weighted by Crippen LogP contribution is 2.24. The molecule has 0 unspecified atom stereocenters. The first kappa shape index (κ1) is 9.71. The summed E-state index contributed by atoms with van der Waals surface area (Å²) in [5.41, 5.74) is 7.18. The topological polar surface area (TPSA) is 60.2 Å². The van der Waals surface area contributed by atoms with Crippen LogP contribution >= 0.6 is 11.6 Å². The maximum absolute atomic E-state index is 5.97. The number of nitrogens with two attached hydrogens (primary N) is 1. The molecule has 0 aliphatic carbocycles. The second kappa shape index (κ2) is 4.13. The zero-order chi connectivity index (χ0) is 9.97. The van der Waals surface area contributed by atoms with Gasteiger partial charge in [0.15, 0.2) is 0 Å². The molecule has 0 bridgehead atoms. The summed E-state index contributed by atoms with van der Waals surface area (Å²) in [6.45, 7) is 2.19. The van der Waals surface area contributed by atoms with Crippen molar-refractivity contribution >= 4 is 17.3 Å². The van der Waals surface area contributed by atoms with Gasteiger partial charge in [0.05, 0.1) is 31.1 Å². The lowest BCUT2D eigenvalue weighted by atomic mass is 10.1. The van der Waals surface area contributed by atoms with Gasteiger partial charge in [0.25, 0.3) is 0 Å². The number of nitrogen functional groups attached to an aromatic ring is 1. The van der Waals surface area contributed by atoms with E-state index in [0.29, 0.717) is 17.4 Å². The van der Waals surface area contributed by atoms with Crippen LogP contribution in [0, 0.1) is 0 Å². The highest BCUT2D eigenvalue weighted by molar-refractivity contribution is 6.30. The van der Waals surface area contributed by atoms with Gasteiger partial charge in [0.1, 0.15) is 5.15 Å². The van der Waals surface area contributed by atoms with Crippen LogP contribution in [0.4, 0.5) is 5.69 Å². The van der Waals surface area contributed by atoms with E-state index in [2.05, 4.69) is 10.3 Å². The van der Waals surface area contributed by atoms with Crippen molar-refractivity contribution in [2.45, 2.75) is 6.04 Å². The lowest BCUT2D eigenvalue weighted by Gasteiger charge is -2.24. The van der Waals surface area contributed by atoms with Gasteiger partial charge in [-0.1, -0.05) is 11.6 Å². The van der Waals surface area contributed by atoms with Crippen LogP contribution in [0.5, 0.6) is 0 Å². The van der Waals surface area contributed by atoms with E-state index in [-0.39, 0.29) is 6.04 Å². The molecule has 2 heterocycles. The van der Waals surface area contributed by atoms with Crippen molar-refractivity contribution in [3.63, 3.8) is 0 Å². The van der Waals surface area contributed by atoms with Crippen LogP contribution in [0.15, 0.2) is 12.3 Å². The average molecular weight is 214 g/mol. The summed E-state index contributed by atoms with van der Waals surface area (Å²) < 4.78 is 5.34. The van der Waals surface area contributed by atoms with Gasteiger partial charge in [-0.3, -0.25) is 0 Å². The Kier molecular flexibility index (Phi) is 2.86. The Morgan fingerprint density at radius 3 is 3.21 bits per heavy atom. The van der Waals surface area contributed by atoms with Gasteiger partial charge in [0.2, 0.25) is 0 Å². The third kappa shape index (κ3) is 1.97. The molecule has 2 rings (SSSR count). The van der Waals surface area contributed by atoms with E-state index in [1.165, 1.54) is 0 Å². The van der Waals surface area contributed by atoms with Crippen LogP contribution in [0.2, 0.25) is 5.15 Å². The summed E-state index contributed by atoms with van der Waals surface area (Å²) in [6.07, 6.45) is 1.55. The number of ether oxygens (including phenoxy) is 1. The number of halogens is 1. The predicted molar refractivity (Wildman–Crippen MR) is 55.2 cm³/mol. The Hall–Kier alpha value is -0.840. The van der Waals surface area contributed by atoms with Crippen LogP contribution < -0.4 is 11.1 Å². The molecule has 4 nitrogen and oxygen atoms in total. The standard InChI is InChI=1S/C9H12ClN3O/c10-9-7(3-6(11)4-13-9)8-5-14-2-1-12-8/h3-4,8,12H,1-2,5,11H2/t8-/m0/s1. The molecular formula is C9H12ClN3O. The van der Waals surface area contributed by atoms with Gasteiger partial charge in [-0.25, -0.2) is 4.98 Å². The van der Waals surface area contributed by atoms with Crippen LogP contribution in [0.1, 0.15) is 11.6 Å². The first-order valence-electron chi connectivity index (χ1n) is 4.49. The maximum Gasteiger partial charge on any atom is 0.134 e. The fourth-order valence-corrected chi connectivity index (χ4v) is 1.73. The molecule has 1 aromatic heterocycles. The number of pyridine rings is 1. The van der Waals surface area contributed by atoms with Crippen molar-refractivity contribution in [2.24, 2.45) is 0 Å². The molecule has 1 aromatic rings. The van der Waals surface area contributed by atoms with E-state index >= 15 is 0 Å². The number of nitrogens with one attached hydrogen (secondary N) is 1. The summed E-state index contributed by atoms with van der Waals surface area (Å²) in [5.74, 6) is 0. The number of anilines is 1. The Morgan fingerprint density at radius 2 is 2.50 bits per heavy atom. The van der Waals surface area contributed by atoms with Crippen molar-refractivity contribution in [3.05, 3.63) is 23.0 Å². The van der Waals surface area contributed by atoms with E-state index in [0.717, 1.165) is 18.7 Å². The molecular weight excluding hydrogens is 202 g/mol. The molecule has 1 aliphatic rings. The largest absolute Gasteiger partial charge is 0.397 e. The highest BCUT2D eigenvalue weighted by atomic mass is 35.5. The van der Waals surface area contributed by atoms with E-state index in [1.807, 2.05) is 6.07 Å². The number of aromatic nitrogens is 1. The zero-order valence-corrected chi connectivity index (χ0v) is 8.42. The minimum atomic E-state index is 0.104. The van der Waals surface area contributed by atoms with Crippen LogP contribution in [-0.2, 0) is 4.74 Å². The number of hydrogen-bond donors (Lipinski definition) is 2. The summed E-state index contributed by atoms with van der Waals surface area (Å²) in [4.78, 5) is 4.00. The average Bonchev–Trinajstić information content (AvgIpc) is 2.23. The zero-order valence-electron chi connectivity index (χ0n) is 7.66. The summed E-state index contributed by atoms with van der Waals surface area (Å²) >= 11 is 5.97. The maximum atomic E-state index is 5.97. The number of rotatable bonds is 1. The summed E-state index contributed by atoms with van der Waals surface area (Å²) in [5, 5.41) is 3.79. The van der Waals surface area contributed by atoms with E-state index in [1.54, 1.807) is 6.20 Å². The molecule has 1 atom stereocenters. The normalized spacial score (nSPS) is 22.2. The third-order valence-corrected chi connectivity index (χ3v) is 2.50. The van der Waals surface area contributed by atoms with Gasteiger partial charge >= 0.3 is 0 Å². The molecule has 3 N–H and O–H groups in total. The van der Waals surface area contributed by atoms with Gasteiger partial charge in [-0.2, -0.15) is 0 Å². The summed E-state index contributed by atoms with van der Waals surface area (Å²) in [7, 11) is 0. The number of nitrogens with zero attached hydrogens (tertiary/aromatic N) is 1. The molecule has 0 spiro atoms. The second-order valence-electron chi connectivity index (χ2n) is 3.23. The van der Waals surface area contributed by atoms with E-state index in [9.17, 15) is 0 Å². The Labute approximate surface area is 87.4 Å². The number of morpholine rings is 1. The third-order valence-electron chi connectivity index (χ3n) is 2.18. The molecule has 0 radical (unpaired) electrons. The molecule has 1 saturated heterocycles. The Bertz CT molecular complexity index is 326. The van der Waals surface area contributed by atoms with Gasteiger partial charge in [-0.15, -0.1) is 0 Å². The minimum absolute atomic E-state index is 0.104. The predicted octanol–water partition coefficient (Wildman–Crippen LogP) is 0.978. The molecule has 1 aliphatic heterocycles. The van der Waals surface area contributed by atoms with Crippen molar-refractivity contribution in [1.82, 2.24) is 10.3 Å². The van der Waals surface area contributed by atoms with Crippen LogP contribution in [0.3, 0.4) is 0 Å². The van der Waals surface area contributed by atoms with E-state index in [4.69, 9.17) is 22.1 Å². The van der Waals surface area contributed by atoms with Gasteiger partial charge in [-0.05, 0) is 6.07 Å². The van der Waals surface area contributed by atoms with Crippen molar-refractivity contribution in [1.29, 1.82) is 0 Å². The fraction of sp³-hybridized carbons (Fsp3) is 0.444. The second-order valence-corrected chi connectivity index (χ2v) is 3.59. The van der Waals surface area contributed by atoms with Crippen LogP contribution in [0.25, 0.3) is 0 Å². The van der Waals surface area contributed by atoms with Gasteiger partial charge < -0.3 is 15.8 Å². The van der Waals surface area contributed by atoms with Crippen LogP contribution in [-0.4, -0.2) is 24.7 Å². The lowest BCUT2D eigenvalue weighted by molar-refractivity contribution is 0.0768. The van der Waals surface area contributed by atoms with Gasteiger partial charge in [0, 0.05) is 12.1 Å². The van der Waals surface area contributed by atoms with E-state index < -0.39 is 0 Å². The first-order valence-corrected chi connectivity index (χ1v) is 4.87. The fourth-order valence-electron chi connectivity index (χ4n) is 1.49. The Balaban J connectivity index is 2.24.